The number of carboxylic acid groups (broad SMARTS) is 1. The van der Waals surface area contributed by atoms with Gasteiger partial charge in [-0.1, -0.05) is 49.2 Å². The van der Waals surface area contributed by atoms with Gasteiger partial charge in [0.25, 0.3) is 0 Å². The minimum Gasteiger partial charge on any atom is -0.488 e. The second-order valence-electron chi connectivity index (χ2n) is 8.96. The maximum absolute atomic E-state index is 12.9. The summed E-state index contributed by atoms with van der Waals surface area (Å²) >= 11 is 0. The maximum atomic E-state index is 12.9. The van der Waals surface area contributed by atoms with E-state index < -0.39 is 11.6 Å². The molecule has 0 unspecified atom stereocenters. The third-order valence-corrected chi connectivity index (χ3v) is 5.26. The van der Waals surface area contributed by atoms with Crippen molar-refractivity contribution in [3.63, 3.8) is 0 Å². The van der Waals surface area contributed by atoms with E-state index in [1.807, 2.05) is 57.2 Å². The van der Waals surface area contributed by atoms with Crippen molar-refractivity contribution >= 4 is 12.1 Å². The quantitative estimate of drug-likeness (QED) is 0.621. The number of hydrogen-bond acceptors (Lipinski definition) is 4. The molecule has 1 N–H and O–H groups in total. The first-order valence-corrected chi connectivity index (χ1v) is 10.8. The molecule has 0 aromatic heterocycles. The van der Waals surface area contributed by atoms with Gasteiger partial charge in [-0.25, -0.2) is 9.59 Å². The fourth-order valence-electron chi connectivity index (χ4n) is 3.78. The van der Waals surface area contributed by atoms with Gasteiger partial charge in [-0.3, -0.25) is 0 Å². The molecule has 3 rings (SSSR count). The van der Waals surface area contributed by atoms with Crippen LogP contribution in [0.15, 0.2) is 48.5 Å². The summed E-state index contributed by atoms with van der Waals surface area (Å²) in [5, 5.41) is 9.71. The van der Waals surface area contributed by atoms with Crippen molar-refractivity contribution in [3.05, 3.63) is 65.2 Å². The van der Waals surface area contributed by atoms with Gasteiger partial charge < -0.3 is 19.5 Å². The molecular weight excluding hydrogens is 394 g/mol. The summed E-state index contributed by atoms with van der Waals surface area (Å²) in [7, 11) is 0. The van der Waals surface area contributed by atoms with Gasteiger partial charge in [0.15, 0.2) is 0 Å². The summed E-state index contributed by atoms with van der Waals surface area (Å²) in [6, 6.07) is 14.8. The van der Waals surface area contributed by atoms with E-state index in [-0.39, 0.29) is 24.3 Å². The average Bonchev–Trinajstić information content (AvgIpc) is 3.24. The van der Waals surface area contributed by atoms with Gasteiger partial charge >= 0.3 is 12.1 Å². The summed E-state index contributed by atoms with van der Waals surface area (Å²) in [6.07, 6.45) is 3.67. The Kier molecular flexibility index (Phi) is 7.21. The summed E-state index contributed by atoms with van der Waals surface area (Å²) in [5.41, 5.74) is 1.20. The second kappa shape index (κ2) is 9.86. The lowest BCUT2D eigenvalue weighted by atomic mass is 10.1. The first-order valence-electron chi connectivity index (χ1n) is 10.8. The summed E-state index contributed by atoms with van der Waals surface area (Å²) in [6.45, 7) is 6.13. The minimum absolute atomic E-state index is 0.0870. The molecule has 166 valence electrons. The van der Waals surface area contributed by atoms with Crippen LogP contribution in [0.25, 0.3) is 0 Å². The SMILES string of the molecule is CC(C)(C)OC(=O)N(Cc1ccc(OCc2ccccc2)c(C(=O)O)c1)C1CCCC1. The molecule has 0 radical (unpaired) electrons. The lowest BCUT2D eigenvalue weighted by Crippen LogP contribution is -2.41. The number of benzene rings is 2. The van der Waals surface area contributed by atoms with Crippen LogP contribution >= 0.6 is 0 Å². The number of rotatable bonds is 7. The van der Waals surface area contributed by atoms with Crippen molar-refractivity contribution < 1.29 is 24.2 Å². The molecule has 1 saturated carbocycles. The Hall–Kier alpha value is -3.02. The van der Waals surface area contributed by atoms with Crippen molar-refractivity contribution in [2.24, 2.45) is 0 Å². The lowest BCUT2D eigenvalue weighted by molar-refractivity contribution is 0.0145. The fraction of sp³-hybridized carbons (Fsp3) is 0.440. The number of carbonyl (C=O) groups is 2. The third kappa shape index (κ3) is 6.48. The largest absolute Gasteiger partial charge is 0.488 e. The van der Waals surface area contributed by atoms with Crippen LogP contribution in [0.2, 0.25) is 0 Å². The van der Waals surface area contributed by atoms with Gasteiger partial charge in [0.1, 0.15) is 23.5 Å². The topological polar surface area (TPSA) is 76.1 Å². The van der Waals surface area contributed by atoms with Gasteiger partial charge in [0.05, 0.1) is 0 Å². The molecule has 1 aliphatic rings. The van der Waals surface area contributed by atoms with Crippen LogP contribution in [0.4, 0.5) is 4.79 Å². The molecule has 6 heteroatoms. The van der Waals surface area contributed by atoms with Crippen molar-refractivity contribution in [1.82, 2.24) is 4.90 Å². The molecule has 1 aliphatic carbocycles. The van der Waals surface area contributed by atoms with Crippen LogP contribution in [-0.2, 0) is 17.9 Å². The van der Waals surface area contributed by atoms with Crippen LogP contribution < -0.4 is 4.74 Å². The molecular formula is C25H31NO5. The highest BCUT2D eigenvalue weighted by atomic mass is 16.6. The number of aromatic carboxylic acids is 1. The molecule has 0 heterocycles. The molecule has 6 nitrogen and oxygen atoms in total. The van der Waals surface area contributed by atoms with Crippen molar-refractivity contribution in [2.75, 3.05) is 0 Å². The highest BCUT2D eigenvalue weighted by Gasteiger charge is 2.30. The Morgan fingerprint density at radius 1 is 1.03 bits per heavy atom. The zero-order valence-electron chi connectivity index (χ0n) is 18.5. The third-order valence-electron chi connectivity index (χ3n) is 5.26. The summed E-state index contributed by atoms with van der Waals surface area (Å²) in [4.78, 5) is 26.5. The van der Waals surface area contributed by atoms with Crippen LogP contribution in [0.1, 0.15) is 67.9 Å². The molecule has 1 amide bonds. The minimum atomic E-state index is -1.06. The summed E-state index contributed by atoms with van der Waals surface area (Å²) in [5.74, 6) is -0.751. The molecule has 2 aromatic rings. The molecule has 2 aromatic carbocycles. The van der Waals surface area contributed by atoms with Crippen molar-refractivity contribution in [3.8, 4) is 5.75 Å². The average molecular weight is 426 g/mol. The first kappa shape index (κ1) is 22.7. The van der Waals surface area contributed by atoms with Crippen molar-refractivity contribution in [2.45, 2.75) is 71.2 Å². The van der Waals surface area contributed by atoms with Gasteiger partial charge in [-0.2, -0.15) is 0 Å². The highest BCUT2D eigenvalue weighted by molar-refractivity contribution is 5.91. The van der Waals surface area contributed by atoms with Crippen molar-refractivity contribution in [1.29, 1.82) is 0 Å². The zero-order valence-corrected chi connectivity index (χ0v) is 18.5. The maximum Gasteiger partial charge on any atom is 0.410 e. The number of carboxylic acids is 1. The molecule has 0 spiro atoms. The smallest absolute Gasteiger partial charge is 0.410 e. The second-order valence-corrected chi connectivity index (χ2v) is 8.96. The normalized spacial score (nSPS) is 14.3. The van der Waals surface area contributed by atoms with E-state index in [9.17, 15) is 14.7 Å². The number of ether oxygens (including phenoxy) is 2. The molecule has 0 saturated heterocycles. The predicted octanol–water partition coefficient (Wildman–Crippen LogP) is 5.64. The highest BCUT2D eigenvalue weighted by Crippen LogP contribution is 2.28. The molecule has 31 heavy (non-hydrogen) atoms. The molecule has 0 bridgehead atoms. The van der Waals surface area contributed by atoms with Crippen LogP contribution in [0, 0.1) is 0 Å². The van der Waals surface area contributed by atoms with E-state index >= 15 is 0 Å². The van der Waals surface area contributed by atoms with Gasteiger partial charge in [-0.15, -0.1) is 0 Å². The number of nitrogens with zero attached hydrogens (tertiary/aromatic N) is 1. The number of amides is 1. The number of hydrogen-bond donors (Lipinski definition) is 1. The van der Waals surface area contributed by atoms with Crippen LogP contribution in [0.3, 0.4) is 0 Å². The molecule has 0 atom stereocenters. The van der Waals surface area contributed by atoms with Gasteiger partial charge in [-0.05, 0) is 56.9 Å². The summed E-state index contributed by atoms with van der Waals surface area (Å²) < 4.78 is 11.4. The number of carbonyl (C=O) groups excluding carboxylic acids is 1. The van der Waals surface area contributed by atoms with E-state index in [2.05, 4.69) is 0 Å². The molecule has 1 fully saturated rings. The Balaban J connectivity index is 1.78. The Labute approximate surface area is 183 Å². The zero-order chi connectivity index (χ0) is 22.4. The Bertz CT molecular complexity index is 898. The van der Waals surface area contributed by atoms with Crippen LogP contribution in [0.5, 0.6) is 5.75 Å². The fourth-order valence-corrected chi connectivity index (χ4v) is 3.78. The predicted molar refractivity (Wildman–Crippen MR) is 118 cm³/mol. The van der Waals surface area contributed by atoms with E-state index in [1.165, 1.54) is 0 Å². The Morgan fingerprint density at radius 2 is 1.71 bits per heavy atom. The molecule has 0 aliphatic heterocycles. The van der Waals surface area contributed by atoms with E-state index in [0.29, 0.717) is 12.3 Å². The lowest BCUT2D eigenvalue weighted by Gasteiger charge is -2.31. The standard InChI is InChI=1S/C25H31NO5/c1-25(2,3)31-24(29)26(20-11-7-8-12-20)16-19-13-14-22(21(15-19)23(27)28)30-17-18-9-5-4-6-10-18/h4-6,9-10,13-15,20H,7-8,11-12,16-17H2,1-3H3,(H,27,28). The van der Waals surface area contributed by atoms with Crippen LogP contribution in [-0.4, -0.2) is 33.7 Å². The monoisotopic (exact) mass is 425 g/mol. The van der Waals surface area contributed by atoms with Gasteiger partial charge in [0.2, 0.25) is 0 Å². The van der Waals surface area contributed by atoms with Gasteiger partial charge in [0, 0.05) is 12.6 Å². The van der Waals surface area contributed by atoms with E-state index in [4.69, 9.17) is 9.47 Å². The Morgan fingerprint density at radius 3 is 2.32 bits per heavy atom. The van der Waals surface area contributed by atoms with E-state index in [0.717, 1.165) is 36.8 Å². The van der Waals surface area contributed by atoms with E-state index in [1.54, 1.807) is 17.0 Å². The first-order chi connectivity index (χ1) is 14.7.